The van der Waals surface area contributed by atoms with Gasteiger partial charge in [-0.2, -0.15) is 0 Å². The van der Waals surface area contributed by atoms with Gasteiger partial charge in [-0.05, 0) is 20.3 Å². The largest absolute Gasteiger partial charge is 0.481 e. The van der Waals surface area contributed by atoms with Crippen molar-refractivity contribution >= 4 is 29.7 Å². The number of carbonyl (C=O) groups excluding carboxylic acids is 3. The Kier molecular flexibility index (Phi) is 10.7. The summed E-state index contributed by atoms with van der Waals surface area (Å²) in [4.78, 5) is 57.4. The molecule has 0 heterocycles. The SMILES string of the molecule is CC(NC(=O)C(NC(=O)C(CO)NC(=O)C(N)CCC(=O)O)C(C)O)C(=O)O. The van der Waals surface area contributed by atoms with E-state index >= 15 is 0 Å². The second-order valence-electron chi connectivity index (χ2n) is 6.08. The van der Waals surface area contributed by atoms with Gasteiger partial charge in [-0.1, -0.05) is 0 Å². The van der Waals surface area contributed by atoms with Gasteiger partial charge < -0.3 is 42.1 Å². The molecule has 9 N–H and O–H groups in total. The third-order valence-electron chi connectivity index (χ3n) is 3.61. The van der Waals surface area contributed by atoms with Crippen LogP contribution < -0.4 is 21.7 Å². The topological polar surface area (TPSA) is 228 Å². The summed E-state index contributed by atoms with van der Waals surface area (Å²) < 4.78 is 0. The first-order valence-corrected chi connectivity index (χ1v) is 8.30. The van der Waals surface area contributed by atoms with E-state index in [0.717, 1.165) is 0 Å². The van der Waals surface area contributed by atoms with Gasteiger partial charge in [0.25, 0.3) is 0 Å². The predicted octanol–water partition coefficient (Wildman–Crippen LogP) is -3.89. The summed E-state index contributed by atoms with van der Waals surface area (Å²) >= 11 is 0. The number of aliphatic hydroxyl groups is 2. The summed E-state index contributed by atoms with van der Waals surface area (Å²) in [6.07, 6.45) is -2.00. The lowest BCUT2D eigenvalue weighted by atomic mass is 10.1. The molecule has 0 fully saturated rings. The second-order valence-corrected chi connectivity index (χ2v) is 6.08. The minimum atomic E-state index is -1.55. The van der Waals surface area contributed by atoms with Gasteiger partial charge in [0.15, 0.2) is 0 Å². The molecule has 0 aliphatic heterocycles. The van der Waals surface area contributed by atoms with E-state index in [9.17, 15) is 34.2 Å². The highest BCUT2D eigenvalue weighted by atomic mass is 16.4. The first-order valence-electron chi connectivity index (χ1n) is 8.30. The first kappa shape index (κ1) is 25.2. The summed E-state index contributed by atoms with van der Waals surface area (Å²) in [6.45, 7) is 1.48. The van der Waals surface area contributed by atoms with E-state index in [4.69, 9.17) is 15.9 Å². The number of nitrogens with one attached hydrogen (secondary N) is 3. The van der Waals surface area contributed by atoms with Gasteiger partial charge in [0.1, 0.15) is 18.1 Å². The maximum Gasteiger partial charge on any atom is 0.325 e. The highest BCUT2D eigenvalue weighted by Crippen LogP contribution is 1.99. The molecule has 5 unspecified atom stereocenters. The Bertz CT molecular complexity index is 596. The number of hydrogen-bond acceptors (Lipinski definition) is 8. The zero-order valence-corrected chi connectivity index (χ0v) is 15.4. The predicted molar refractivity (Wildman–Crippen MR) is 92.7 cm³/mol. The summed E-state index contributed by atoms with van der Waals surface area (Å²) in [7, 11) is 0. The fourth-order valence-corrected chi connectivity index (χ4v) is 1.91. The van der Waals surface area contributed by atoms with Crippen LogP contribution in [0.4, 0.5) is 0 Å². The number of nitrogens with two attached hydrogens (primary N) is 1. The average Bonchev–Trinajstić information content (AvgIpc) is 2.60. The summed E-state index contributed by atoms with van der Waals surface area (Å²) in [5.74, 6) is -5.42. The smallest absolute Gasteiger partial charge is 0.325 e. The molecule has 0 saturated heterocycles. The Morgan fingerprint density at radius 1 is 0.929 bits per heavy atom. The summed E-state index contributed by atoms with van der Waals surface area (Å²) in [5.41, 5.74) is 5.50. The van der Waals surface area contributed by atoms with Crippen LogP contribution in [-0.2, 0) is 24.0 Å². The maximum absolute atomic E-state index is 12.2. The normalized spacial score (nSPS) is 16.0. The third-order valence-corrected chi connectivity index (χ3v) is 3.61. The second kappa shape index (κ2) is 11.8. The Morgan fingerprint density at radius 3 is 1.93 bits per heavy atom. The van der Waals surface area contributed by atoms with Crippen molar-refractivity contribution in [3.8, 4) is 0 Å². The lowest BCUT2D eigenvalue weighted by Crippen LogP contribution is -2.60. The fourth-order valence-electron chi connectivity index (χ4n) is 1.91. The number of rotatable bonds is 12. The summed E-state index contributed by atoms with van der Waals surface area (Å²) in [6, 6.07) is -5.62. The molecule has 0 saturated carbocycles. The molecule has 0 spiro atoms. The number of amides is 3. The highest BCUT2D eigenvalue weighted by Gasteiger charge is 2.31. The van der Waals surface area contributed by atoms with E-state index < -0.39 is 66.5 Å². The lowest BCUT2D eigenvalue weighted by molar-refractivity contribution is -0.142. The molecule has 13 nitrogen and oxygen atoms in total. The molecule has 0 bridgehead atoms. The first-order chi connectivity index (χ1) is 12.9. The molecular weight excluding hydrogens is 380 g/mol. The van der Waals surface area contributed by atoms with Crippen LogP contribution >= 0.6 is 0 Å². The molecule has 0 aromatic heterocycles. The van der Waals surface area contributed by atoms with Crippen LogP contribution in [0.15, 0.2) is 0 Å². The number of hydrogen-bond donors (Lipinski definition) is 8. The molecule has 0 aromatic rings. The zero-order valence-electron chi connectivity index (χ0n) is 15.4. The third kappa shape index (κ3) is 8.75. The summed E-state index contributed by atoms with van der Waals surface area (Å²) in [5, 5.41) is 42.6. The molecule has 5 atom stereocenters. The fraction of sp³-hybridized carbons (Fsp3) is 0.667. The van der Waals surface area contributed by atoms with Crippen LogP contribution in [0.1, 0.15) is 26.7 Å². The monoisotopic (exact) mass is 406 g/mol. The van der Waals surface area contributed by atoms with Crippen molar-refractivity contribution in [3.05, 3.63) is 0 Å². The van der Waals surface area contributed by atoms with E-state index in [-0.39, 0.29) is 12.8 Å². The molecule has 0 radical (unpaired) electrons. The Balaban J connectivity index is 4.97. The van der Waals surface area contributed by atoms with Crippen molar-refractivity contribution in [2.75, 3.05) is 6.61 Å². The van der Waals surface area contributed by atoms with Crippen LogP contribution in [0.3, 0.4) is 0 Å². The zero-order chi connectivity index (χ0) is 22.0. The number of aliphatic hydroxyl groups excluding tert-OH is 2. The van der Waals surface area contributed by atoms with Gasteiger partial charge >= 0.3 is 11.9 Å². The van der Waals surface area contributed by atoms with Crippen molar-refractivity contribution < 1.29 is 44.4 Å². The quantitative estimate of drug-likeness (QED) is 0.157. The van der Waals surface area contributed by atoms with E-state index in [1.165, 1.54) is 13.8 Å². The molecule has 0 rings (SSSR count). The molecule has 13 heteroatoms. The van der Waals surface area contributed by atoms with E-state index in [1.807, 2.05) is 0 Å². The Morgan fingerprint density at radius 2 is 1.50 bits per heavy atom. The Labute approximate surface area is 160 Å². The highest BCUT2D eigenvalue weighted by molar-refractivity contribution is 5.94. The van der Waals surface area contributed by atoms with E-state index in [0.29, 0.717) is 0 Å². The van der Waals surface area contributed by atoms with Crippen LogP contribution in [0, 0.1) is 0 Å². The van der Waals surface area contributed by atoms with Gasteiger partial charge in [-0.25, -0.2) is 0 Å². The van der Waals surface area contributed by atoms with Crippen molar-refractivity contribution in [1.29, 1.82) is 0 Å². The number of aliphatic carboxylic acids is 2. The van der Waals surface area contributed by atoms with Gasteiger partial charge in [-0.15, -0.1) is 0 Å². The number of carboxylic acids is 2. The van der Waals surface area contributed by atoms with Crippen molar-refractivity contribution in [2.24, 2.45) is 5.73 Å². The molecular formula is C15H26N4O9. The molecule has 0 aromatic carbocycles. The number of carboxylic acid groups (broad SMARTS) is 2. The van der Waals surface area contributed by atoms with Gasteiger partial charge in [0.2, 0.25) is 17.7 Å². The van der Waals surface area contributed by atoms with Crippen LogP contribution in [0.5, 0.6) is 0 Å². The average molecular weight is 406 g/mol. The van der Waals surface area contributed by atoms with Gasteiger partial charge in [0.05, 0.1) is 18.8 Å². The van der Waals surface area contributed by atoms with Crippen molar-refractivity contribution in [2.45, 2.75) is 57.0 Å². The standard InChI is InChI=1S/C15H26N4O9/c1-6(15(27)28)17-14(26)11(7(2)21)19-13(25)9(5-20)18-12(24)8(16)3-4-10(22)23/h6-9,11,20-21H,3-5,16H2,1-2H3,(H,17,26)(H,18,24)(H,19,25)(H,22,23)(H,27,28). The molecule has 0 aliphatic rings. The minimum absolute atomic E-state index is 0.202. The van der Waals surface area contributed by atoms with Crippen LogP contribution in [0.2, 0.25) is 0 Å². The molecule has 0 aliphatic carbocycles. The van der Waals surface area contributed by atoms with Crippen LogP contribution in [-0.4, -0.2) is 87.0 Å². The minimum Gasteiger partial charge on any atom is -0.481 e. The maximum atomic E-state index is 12.2. The Hall–Kier alpha value is -2.77. The van der Waals surface area contributed by atoms with E-state index in [2.05, 4.69) is 16.0 Å². The number of carbonyl (C=O) groups is 5. The lowest BCUT2D eigenvalue weighted by Gasteiger charge is -2.25. The van der Waals surface area contributed by atoms with Gasteiger partial charge in [0, 0.05) is 6.42 Å². The van der Waals surface area contributed by atoms with Crippen molar-refractivity contribution in [3.63, 3.8) is 0 Å². The molecule has 28 heavy (non-hydrogen) atoms. The van der Waals surface area contributed by atoms with E-state index in [1.54, 1.807) is 0 Å². The molecule has 3 amide bonds. The van der Waals surface area contributed by atoms with Crippen molar-refractivity contribution in [1.82, 2.24) is 16.0 Å². The van der Waals surface area contributed by atoms with Crippen LogP contribution in [0.25, 0.3) is 0 Å². The molecule has 160 valence electrons. The van der Waals surface area contributed by atoms with Gasteiger partial charge in [-0.3, -0.25) is 24.0 Å².